The number of carboxylic acids is 1. The van der Waals surface area contributed by atoms with Crippen molar-refractivity contribution in [2.45, 2.75) is 13.5 Å². The maximum absolute atomic E-state index is 10.7. The number of rotatable bonds is 5. The number of nitro benzene ring substituents is 1. The molecule has 0 aliphatic rings. The fourth-order valence-electron chi connectivity index (χ4n) is 1.59. The van der Waals surface area contributed by atoms with Crippen LogP contribution in [0.15, 0.2) is 42.2 Å². The number of nitro groups is 1. The van der Waals surface area contributed by atoms with E-state index in [4.69, 9.17) is 5.11 Å². The van der Waals surface area contributed by atoms with Gasteiger partial charge in [-0.1, -0.05) is 18.2 Å². The number of nitrogens with zero attached hydrogens (tertiary/aromatic N) is 4. The van der Waals surface area contributed by atoms with Crippen LogP contribution in [0.5, 0.6) is 0 Å². The van der Waals surface area contributed by atoms with E-state index in [0.29, 0.717) is 11.4 Å². The van der Waals surface area contributed by atoms with Crippen LogP contribution in [0, 0.1) is 10.1 Å². The second-order valence-electron chi connectivity index (χ2n) is 4.29. The monoisotopic (exact) mass is 288 g/mol. The van der Waals surface area contributed by atoms with Crippen LogP contribution in [0.3, 0.4) is 0 Å². The van der Waals surface area contributed by atoms with Gasteiger partial charge < -0.3 is 5.11 Å². The first-order valence-corrected chi connectivity index (χ1v) is 6.01. The van der Waals surface area contributed by atoms with Crippen molar-refractivity contribution in [2.75, 3.05) is 0 Å². The van der Waals surface area contributed by atoms with Gasteiger partial charge in [0.05, 0.1) is 11.5 Å². The van der Waals surface area contributed by atoms with E-state index in [0.717, 1.165) is 0 Å². The standard InChI is InChI=1S/C13H12N4O4/c1-9(13(18)19)5-6-16-8-14-12(15-16)10-3-2-4-11(7-10)17(20)21/h2-5,7-8H,6H2,1H3,(H,18,19)/b9-5-. The van der Waals surface area contributed by atoms with E-state index in [9.17, 15) is 14.9 Å². The predicted octanol–water partition coefficient (Wildman–Crippen LogP) is 1.88. The summed E-state index contributed by atoms with van der Waals surface area (Å²) in [5, 5.41) is 23.6. The molecule has 0 bridgehead atoms. The first kappa shape index (κ1) is 14.4. The smallest absolute Gasteiger partial charge is 0.331 e. The molecule has 0 saturated carbocycles. The van der Waals surface area contributed by atoms with Crippen LogP contribution in [-0.4, -0.2) is 30.8 Å². The zero-order valence-corrected chi connectivity index (χ0v) is 11.1. The molecule has 0 aliphatic carbocycles. The number of hydrogen-bond acceptors (Lipinski definition) is 5. The van der Waals surface area contributed by atoms with Crippen LogP contribution in [0.25, 0.3) is 11.4 Å². The molecule has 0 unspecified atom stereocenters. The molecular formula is C13H12N4O4. The summed E-state index contributed by atoms with van der Waals surface area (Å²) in [5.41, 5.74) is 0.703. The van der Waals surface area contributed by atoms with Crippen LogP contribution in [0.1, 0.15) is 6.92 Å². The van der Waals surface area contributed by atoms with Crippen molar-refractivity contribution in [1.29, 1.82) is 0 Å². The van der Waals surface area contributed by atoms with Gasteiger partial charge in [-0.2, -0.15) is 5.10 Å². The van der Waals surface area contributed by atoms with Gasteiger partial charge in [-0.25, -0.2) is 14.5 Å². The number of benzene rings is 1. The fraction of sp³-hybridized carbons (Fsp3) is 0.154. The maximum Gasteiger partial charge on any atom is 0.331 e. The largest absolute Gasteiger partial charge is 0.478 e. The molecule has 0 spiro atoms. The minimum atomic E-state index is -0.992. The number of non-ortho nitro benzene ring substituents is 1. The summed E-state index contributed by atoms with van der Waals surface area (Å²) in [4.78, 5) is 25.0. The SMILES string of the molecule is C/C(=C/Cn1cnc(-c2cccc([N+](=O)[O-])c2)n1)C(=O)O. The topological polar surface area (TPSA) is 111 Å². The van der Waals surface area contributed by atoms with E-state index < -0.39 is 10.9 Å². The van der Waals surface area contributed by atoms with Gasteiger partial charge in [0.2, 0.25) is 0 Å². The van der Waals surface area contributed by atoms with Crippen molar-refractivity contribution in [3.8, 4) is 11.4 Å². The van der Waals surface area contributed by atoms with Gasteiger partial charge >= 0.3 is 5.97 Å². The summed E-state index contributed by atoms with van der Waals surface area (Å²) in [5.74, 6) is -0.644. The first-order chi connectivity index (χ1) is 9.97. The lowest BCUT2D eigenvalue weighted by atomic mass is 10.2. The van der Waals surface area contributed by atoms with E-state index in [1.807, 2.05) is 0 Å². The summed E-state index contributed by atoms with van der Waals surface area (Å²) in [6.07, 6.45) is 2.95. The second-order valence-corrected chi connectivity index (χ2v) is 4.29. The highest BCUT2D eigenvalue weighted by molar-refractivity contribution is 5.85. The van der Waals surface area contributed by atoms with Crippen molar-refractivity contribution < 1.29 is 14.8 Å². The zero-order chi connectivity index (χ0) is 15.4. The Morgan fingerprint density at radius 2 is 2.29 bits per heavy atom. The van der Waals surface area contributed by atoms with Crippen molar-refractivity contribution in [2.24, 2.45) is 0 Å². The van der Waals surface area contributed by atoms with Crippen LogP contribution < -0.4 is 0 Å². The van der Waals surface area contributed by atoms with Crippen molar-refractivity contribution in [3.63, 3.8) is 0 Å². The van der Waals surface area contributed by atoms with Gasteiger partial charge in [0.15, 0.2) is 5.82 Å². The molecule has 2 aromatic rings. The summed E-state index contributed by atoms with van der Waals surface area (Å²) >= 11 is 0. The number of aromatic nitrogens is 3. The third kappa shape index (κ3) is 3.50. The van der Waals surface area contributed by atoms with Gasteiger partial charge in [-0.3, -0.25) is 10.1 Å². The van der Waals surface area contributed by atoms with E-state index in [1.54, 1.807) is 12.1 Å². The Labute approximate surface area is 119 Å². The van der Waals surface area contributed by atoms with E-state index in [2.05, 4.69) is 10.1 Å². The van der Waals surface area contributed by atoms with Crippen LogP contribution >= 0.6 is 0 Å². The minimum absolute atomic E-state index is 0.0366. The summed E-state index contributed by atoms with van der Waals surface area (Å²) in [7, 11) is 0. The first-order valence-electron chi connectivity index (χ1n) is 6.01. The number of carboxylic acid groups (broad SMARTS) is 1. The molecule has 0 amide bonds. The van der Waals surface area contributed by atoms with E-state index in [1.165, 1.54) is 36.1 Å². The molecule has 0 atom stereocenters. The molecule has 108 valence electrons. The number of aliphatic carboxylic acids is 1. The Balaban J connectivity index is 2.20. The quantitative estimate of drug-likeness (QED) is 0.511. The molecule has 0 saturated heterocycles. The third-order valence-corrected chi connectivity index (χ3v) is 2.77. The maximum atomic E-state index is 10.7. The molecule has 1 N–H and O–H groups in total. The van der Waals surface area contributed by atoms with Gasteiger partial charge in [0.25, 0.3) is 5.69 Å². The highest BCUT2D eigenvalue weighted by Crippen LogP contribution is 2.20. The van der Waals surface area contributed by atoms with Crippen LogP contribution in [0.2, 0.25) is 0 Å². The molecule has 0 aliphatic heterocycles. The average Bonchev–Trinajstić information content (AvgIpc) is 2.93. The van der Waals surface area contributed by atoms with Gasteiger partial charge in [-0.15, -0.1) is 0 Å². The van der Waals surface area contributed by atoms with E-state index >= 15 is 0 Å². The summed E-state index contributed by atoms with van der Waals surface area (Å²) < 4.78 is 1.46. The van der Waals surface area contributed by atoms with Gasteiger partial charge in [0.1, 0.15) is 6.33 Å². The fourth-order valence-corrected chi connectivity index (χ4v) is 1.59. The van der Waals surface area contributed by atoms with Crippen LogP contribution in [-0.2, 0) is 11.3 Å². The lowest BCUT2D eigenvalue weighted by Gasteiger charge is -1.97. The molecular weight excluding hydrogens is 276 g/mol. The highest BCUT2D eigenvalue weighted by Gasteiger charge is 2.10. The Morgan fingerprint density at radius 1 is 1.52 bits per heavy atom. The normalized spacial score (nSPS) is 11.4. The average molecular weight is 288 g/mol. The van der Waals surface area contributed by atoms with Crippen LogP contribution in [0.4, 0.5) is 5.69 Å². The minimum Gasteiger partial charge on any atom is -0.478 e. The Morgan fingerprint density at radius 3 is 2.95 bits per heavy atom. The predicted molar refractivity (Wildman–Crippen MR) is 73.5 cm³/mol. The molecule has 21 heavy (non-hydrogen) atoms. The Bertz CT molecular complexity index is 720. The van der Waals surface area contributed by atoms with Gasteiger partial charge in [0, 0.05) is 23.3 Å². The second kappa shape index (κ2) is 5.95. The lowest BCUT2D eigenvalue weighted by molar-refractivity contribution is -0.384. The van der Waals surface area contributed by atoms with E-state index in [-0.39, 0.29) is 17.8 Å². The van der Waals surface area contributed by atoms with Gasteiger partial charge in [-0.05, 0) is 6.92 Å². The molecule has 8 nitrogen and oxygen atoms in total. The molecule has 1 heterocycles. The number of allylic oxidation sites excluding steroid dienone is 1. The van der Waals surface area contributed by atoms with Crippen molar-refractivity contribution >= 4 is 11.7 Å². The molecule has 1 aromatic heterocycles. The summed E-state index contributed by atoms with van der Waals surface area (Å²) in [6.45, 7) is 1.75. The molecule has 2 rings (SSSR count). The Kier molecular flexibility index (Phi) is 4.07. The number of carbonyl (C=O) groups is 1. The van der Waals surface area contributed by atoms with Crippen molar-refractivity contribution in [1.82, 2.24) is 14.8 Å². The molecule has 8 heteroatoms. The highest BCUT2D eigenvalue weighted by atomic mass is 16.6. The number of hydrogen-bond donors (Lipinski definition) is 1. The molecule has 0 radical (unpaired) electrons. The molecule has 1 aromatic carbocycles. The third-order valence-electron chi connectivity index (χ3n) is 2.77. The Hall–Kier alpha value is -3.03. The zero-order valence-electron chi connectivity index (χ0n) is 11.1. The lowest BCUT2D eigenvalue weighted by Crippen LogP contribution is -2.01. The van der Waals surface area contributed by atoms with Crippen molar-refractivity contribution in [3.05, 3.63) is 52.4 Å². The summed E-state index contributed by atoms with van der Waals surface area (Å²) in [6, 6.07) is 6.01. The molecule has 0 fully saturated rings.